The zero-order valence-corrected chi connectivity index (χ0v) is 11.0. The van der Waals surface area contributed by atoms with Crippen LogP contribution in [-0.4, -0.2) is 9.55 Å². The van der Waals surface area contributed by atoms with Gasteiger partial charge in [0.05, 0.1) is 0 Å². The second-order valence-electron chi connectivity index (χ2n) is 4.04. The molecule has 0 saturated heterocycles. The number of para-hydroxylation sites is 1. The molecule has 0 bridgehead atoms. The fourth-order valence-electron chi connectivity index (χ4n) is 2.02. The van der Waals surface area contributed by atoms with Crippen LogP contribution in [0.5, 0.6) is 0 Å². The molecule has 0 spiro atoms. The van der Waals surface area contributed by atoms with Gasteiger partial charge in [-0.05, 0) is 46.6 Å². The lowest BCUT2D eigenvalue weighted by molar-refractivity contribution is 1.08. The molecular formula is C14H11BrN2. The first-order chi connectivity index (χ1) is 8.25. The van der Waals surface area contributed by atoms with Gasteiger partial charge in [0.15, 0.2) is 0 Å². The first kappa shape index (κ1) is 10.5. The monoisotopic (exact) mass is 286 g/mol. The van der Waals surface area contributed by atoms with Gasteiger partial charge in [0, 0.05) is 27.9 Å². The van der Waals surface area contributed by atoms with Crippen molar-refractivity contribution in [2.24, 2.45) is 0 Å². The number of halogens is 1. The van der Waals surface area contributed by atoms with Crippen LogP contribution in [0.3, 0.4) is 0 Å². The van der Waals surface area contributed by atoms with E-state index in [-0.39, 0.29) is 0 Å². The van der Waals surface area contributed by atoms with Crippen molar-refractivity contribution in [3.8, 4) is 5.69 Å². The van der Waals surface area contributed by atoms with E-state index >= 15 is 0 Å². The van der Waals surface area contributed by atoms with E-state index in [1.807, 2.05) is 24.4 Å². The van der Waals surface area contributed by atoms with Crippen molar-refractivity contribution in [3.63, 3.8) is 0 Å². The summed E-state index contributed by atoms with van der Waals surface area (Å²) < 4.78 is 3.14. The van der Waals surface area contributed by atoms with E-state index in [0.717, 1.165) is 15.8 Å². The van der Waals surface area contributed by atoms with Crippen LogP contribution in [0, 0.1) is 6.92 Å². The minimum absolute atomic E-state index is 0.997. The Bertz CT molecular complexity index is 671. The standard InChI is InChI=1S/C14H11BrN2/c1-10-9-17(12-5-3-2-4-6-12)14-13(10)7-11(15)8-16-14/h2-9H,1H3. The molecule has 84 valence electrons. The van der Waals surface area contributed by atoms with Gasteiger partial charge < -0.3 is 4.57 Å². The zero-order valence-electron chi connectivity index (χ0n) is 9.39. The molecule has 17 heavy (non-hydrogen) atoms. The van der Waals surface area contributed by atoms with Crippen molar-refractivity contribution in [3.05, 3.63) is 58.8 Å². The van der Waals surface area contributed by atoms with E-state index in [1.165, 1.54) is 10.9 Å². The van der Waals surface area contributed by atoms with Crippen molar-refractivity contribution < 1.29 is 0 Å². The lowest BCUT2D eigenvalue weighted by Crippen LogP contribution is -1.92. The highest BCUT2D eigenvalue weighted by atomic mass is 79.9. The molecular weight excluding hydrogens is 276 g/mol. The van der Waals surface area contributed by atoms with Crippen molar-refractivity contribution in [2.75, 3.05) is 0 Å². The molecule has 2 aromatic heterocycles. The molecule has 0 atom stereocenters. The molecule has 0 aliphatic carbocycles. The van der Waals surface area contributed by atoms with Gasteiger partial charge in [0.25, 0.3) is 0 Å². The van der Waals surface area contributed by atoms with Crippen LogP contribution in [0.1, 0.15) is 5.56 Å². The highest BCUT2D eigenvalue weighted by Crippen LogP contribution is 2.25. The molecule has 2 nitrogen and oxygen atoms in total. The third-order valence-electron chi connectivity index (χ3n) is 2.84. The number of fused-ring (bicyclic) bond motifs is 1. The highest BCUT2D eigenvalue weighted by Gasteiger charge is 2.08. The predicted molar refractivity (Wildman–Crippen MR) is 73.5 cm³/mol. The molecule has 0 unspecified atom stereocenters. The molecule has 0 N–H and O–H groups in total. The van der Waals surface area contributed by atoms with Crippen molar-refractivity contribution in [1.29, 1.82) is 0 Å². The van der Waals surface area contributed by atoms with Crippen molar-refractivity contribution in [1.82, 2.24) is 9.55 Å². The molecule has 1 aromatic carbocycles. The van der Waals surface area contributed by atoms with E-state index in [1.54, 1.807) is 0 Å². The summed E-state index contributed by atoms with van der Waals surface area (Å²) in [6.45, 7) is 2.11. The fourth-order valence-corrected chi connectivity index (χ4v) is 2.36. The first-order valence-electron chi connectivity index (χ1n) is 5.44. The molecule has 0 saturated carbocycles. The van der Waals surface area contributed by atoms with Gasteiger partial charge in [-0.15, -0.1) is 0 Å². The Hall–Kier alpha value is -1.61. The van der Waals surface area contributed by atoms with E-state index in [4.69, 9.17) is 0 Å². The summed E-state index contributed by atoms with van der Waals surface area (Å²) in [5.41, 5.74) is 3.37. The Kier molecular flexibility index (Phi) is 2.48. The smallest absolute Gasteiger partial charge is 0.144 e. The Balaban J connectivity index is 2.32. The fraction of sp³-hybridized carbons (Fsp3) is 0.0714. The lowest BCUT2D eigenvalue weighted by atomic mass is 10.2. The highest BCUT2D eigenvalue weighted by molar-refractivity contribution is 9.10. The number of hydrogen-bond donors (Lipinski definition) is 0. The quantitative estimate of drug-likeness (QED) is 0.659. The van der Waals surface area contributed by atoms with Gasteiger partial charge in [0.1, 0.15) is 5.65 Å². The van der Waals surface area contributed by atoms with Gasteiger partial charge in [-0.25, -0.2) is 4.98 Å². The summed E-state index contributed by atoms with van der Waals surface area (Å²) in [5, 5.41) is 1.18. The Morgan fingerprint density at radius 2 is 1.94 bits per heavy atom. The molecule has 2 heterocycles. The molecule has 0 aliphatic rings. The number of benzene rings is 1. The average Bonchev–Trinajstić information content (AvgIpc) is 2.68. The summed E-state index contributed by atoms with van der Waals surface area (Å²) in [7, 11) is 0. The SMILES string of the molecule is Cc1cn(-c2ccccc2)c2ncc(Br)cc12. The van der Waals surface area contributed by atoms with Crippen LogP contribution in [0.2, 0.25) is 0 Å². The second-order valence-corrected chi connectivity index (χ2v) is 4.96. The van der Waals surface area contributed by atoms with Crippen LogP contribution >= 0.6 is 15.9 Å². The van der Waals surface area contributed by atoms with Gasteiger partial charge in [-0.2, -0.15) is 0 Å². The molecule has 0 aliphatic heterocycles. The molecule has 3 aromatic rings. The first-order valence-corrected chi connectivity index (χ1v) is 6.23. The third kappa shape index (κ3) is 1.76. The van der Waals surface area contributed by atoms with E-state index in [2.05, 4.69) is 56.8 Å². The molecule has 0 fully saturated rings. The maximum atomic E-state index is 4.49. The predicted octanol–water partition coefficient (Wildman–Crippen LogP) is 4.10. The maximum absolute atomic E-state index is 4.49. The molecule has 0 amide bonds. The van der Waals surface area contributed by atoms with E-state index in [0.29, 0.717) is 0 Å². The van der Waals surface area contributed by atoms with Crippen LogP contribution < -0.4 is 0 Å². The van der Waals surface area contributed by atoms with E-state index < -0.39 is 0 Å². The number of hydrogen-bond acceptors (Lipinski definition) is 1. The third-order valence-corrected chi connectivity index (χ3v) is 3.28. The number of aromatic nitrogens is 2. The molecule has 3 rings (SSSR count). The second kappa shape index (κ2) is 4.00. The number of aryl methyl sites for hydroxylation is 1. The van der Waals surface area contributed by atoms with Gasteiger partial charge >= 0.3 is 0 Å². The van der Waals surface area contributed by atoms with Crippen molar-refractivity contribution in [2.45, 2.75) is 6.92 Å². The average molecular weight is 287 g/mol. The zero-order chi connectivity index (χ0) is 11.8. The minimum atomic E-state index is 0.997. The normalized spacial score (nSPS) is 10.9. The largest absolute Gasteiger partial charge is 0.301 e. The van der Waals surface area contributed by atoms with E-state index in [9.17, 15) is 0 Å². The van der Waals surface area contributed by atoms with Crippen LogP contribution in [-0.2, 0) is 0 Å². The van der Waals surface area contributed by atoms with Gasteiger partial charge in [0.2, 0.25) is 0 Å². The number of nitrogens with zero attached hydrogens (tertiary/aromatic N) is 2. The van der Waals surface area contributed by atoms with Crippen LogP contribution in [0.4, 0.5) is 0 Å². The Morgan fingerprint density at radius 3 is 2.71 bits per heavy atom. The lowest BCUT2D eigenvalue weighted by Gasteiger charge is -2.03. The Labute approximate surface area is 108 Å². The summed E-state index contributed by atoms with van der Waals surface area (Å²) in [6, 6.07) is 12.4. The Morgan fingerprint density at radius 1 is 1.18 bits per heavy atom. The summed E-state index contributed by atoms with van der Waals surface area (Å²) in [5.74, 6) is 0. The van der Waals surface area contributed by atoms with Crippen LogP contribution in [0.15, 0.2) is 53.3 Å². The number of rotatable bonds is 1. The number of pyridine rings is 1. The summed E-state index contributed by atoms with van der Waals surface area (Å²) in [4.78, 5) is 4.49. The maximum Gasteiger partial charge on any atom is 0.144 e. The molecule has 3 heteroatoms. The molecule has 0 radical (unpaired) electrons. The summed E-state index contributed by atoms with van der Waals surface area (Å²) >= 11 is 3.46. The van der Waals surface area contributed by atoms with Gasteiger partial charge in [-0.3, -0.25) is 0 Å². The topological polar surface area (TPSA) is 17.8 Å². The van der Waals surface area contributed by atoms with Crippen LogP contribution in [0.25, 0.3) is 16.7 Å². The van der Waals surface area contributed by atoms with Crippen molar-refractivity contribution >= 4 is 27.0 Å². The summed E-state index contributed by atoms with van der Waals surface area (Å²) in [6.07, 6.45) is 3.96. The minimum Gasteiger partial charge on any atom is -0.301 e. The van der Waals surface area contributed by atoms with Gasteiger partial charge in [-0.1, -0.05) is 18.2 Å².